The van der Waals surface area contributed by atoms with E-state index in [-0.39, 0.29) is 11.2 Å². The molecule has 0 spiro atoms. The van der Waals surface area contributed by atoms with Gasteiger partial charge in [-0.05, 0) is 32.0 Å². The fraction of sp³-hybridized carbons (Fsp3) is 0.500. The van der Waals surface area contributed by atoms with Crippen LogP contribution in [-0.4, -0.2) is 12.6 Å². The van der Waals surface area contributed by atoms with Crippen molar-refractivity contribution in [1.29, 1.82) is 0 Å². The topological polar surface area (TPSA) is 25.2 Å². The summed E-state index contributed by atoms with van der Waals surface area (Å²) in [4.78, 5) is 0. The van der Waals surface area contributed by atoms with Gasteiger partial charge in [0.1, 0.15) is 5.76 Å². The van der Waals surface area contributed by atoms with Gasteiger partial charge in [0.05, 0.1) is 0 Å². The van der Waals surface area contributed by atoms with Crippen LogP contribution in [-0.2, 0) is 5.41 Å². The number of para-hydroxylation sites is 1. The molecule has 0 bridgehead atoms. The average molecular weight is 263 g/mol. The molecule has 104 valence electrons. The highest BCUT2D eigenvalue weighted by Crippen LogP contribution is 2.33. The Balaban J connectivity index is 2.29. The molecule has 1 atom stereocenters. The lowest BCUT2D eigenvalue weighted by atomic mass is 9.83. The van der Waals surface area contributed by atoms with Gasteiger partial charge in [0, 0.05) is 16.8 Å². The molecule has 0 aliphatic heterocycles. The van der Waals surface area contributed by atoms with Crippen molar-refractivity contribution < 1.29 is 8.81 Å². The number of furan rings is 1. The van der Waals surface area contributed by atoms with E-state index in [4.69, 9.17) is 4.42 Å². The third-order valence-electron chi connectivity index (χ3n) is 3.53. The molecule has 0 fully saturated rings. The molecular weight excluding hydrogens is 241 g/mol. The minimum absolute atomic E-state index is 0.118. The fourth-order valence-corrected chi connectivity index (χ4v) is 2.65. The van der Waals surface area contributed by atoms with Gasteiger partial charge in [0.2, 0.25) is 0 Å². The van der Waals surface area contributed by atoms with E-state index in [1.807, 2.05) is 12.1 Å². The molecule has 3 heteroatoms. The summed E-state index contributed by atoms with van der Waals surface area (Å²) in [7, 11) is 0. The summed E-state index contributed by atoms with van der Waals surface area (Å²) in [5, 5.41) is 4.23. The van der Waals surface area contributed by atoms with Crippen LogP contribution in [0.4, 0.5) is 4.39 Å². The predicted octanol–water partition coefficient (Wildman–Crippen LogP) is 4.24. The zero-order valence-corrected chi connectivity index (χ0v) is 12.1. The Morgan fingerprint density at radius 3 is 2.74 bits per heavy atom. The van der Waals surface area contributed by atoms with E-state index >= 15 is 0 Å². The van der Waals surface area contributed by atoms with Crippen molar-refractivity contribution >= 4 is 11.0 Å². The third kappa shape index (κ3) is 2.98. The monoisotopic (exact) mass is 263 g/mol. The maximum absolute atomic E-state index is 13.7. The second kappa shape index (κ2) is 5.33. The molecule has 2 rings (SSSR count). The zero-order chi connectivity index (χ0) is 14.0. The first kappa shape index (κ1) is 14.1. The second-order valence-corrected chi connectivity index (χ2v) is 5.82. The Hall–Kier alpha value is -1.35. The molecule has 0 saturated carbocycles. The molecule has 0 saturated heterocycles. The van der Waals surface area contributed by atoms with Gasteiger partial charge < -0.3 is 9.73 Å². The maximum atomic E-state index is 13.7. The van der Waals surface area contributed by atoms with Gasteiger partial charge in [-0.25, -0.2) is 4.39 Å². The highest BCUT2D eigenvalue weighted by atomic mass is 19.1. The van der Waals surface area contributed by atoms with Crippen molar-refractivity contribution in [3.05, 3.63) is 35.8 Å². The zero-order valence-electron chi connectivity index (χ0n) is 12.1. The van der Waals surface area contributed by atoms with Crippen LogP contribution in [0.3, 0.4) is 0 Å². The van der Waals surface area contributed by atoms with E-state index in [1.54, 1.807) is 6.07 Å². The third-order valence-corrected chi connectivity index (χ3v) is 3.53. The molecule has 0 aliphatic rings. The lowest BCUT2D eigenvalue weighted by Gasteiger charge is -2.26. The van der Waals surface area contributed by atoms with Gasteiger partial charge >= 0.3 is 0 Å². The van der Waals surface area contributed by atoms with E-state index in [2.05, 4.69) is 33.0 Å². The molecule has 0 radical (unpaired) electrons. The summed E-state index contributed by atoms with van der Waals surface area (Å²) in [5.41, 5.74) is 0.245. The van der Waals surface area contributed by atoms with Gasteiger partial charge in [-0.15, -0.1) is 0 Å². The largest absolute Gasteiger partial charge is 0.457 e. The van der Waals surface area contributed by atoms with Crippen LogP contribution >= 0.6 is 0 Å². The Morgan fingerprint density at radius 2 is 2.11 bits per heavy atom. The first-order chi connectivity index (χ1) is 8.94. The molecular formula is C16H22FNO. The minimum Gasteiger partial charge on any atom is -0.457 e. The van der Waals surface area contributed by atoms with Crippen molar-refractivity contribution in [3.8, 4) is 0 Å². The number of nitrogens with one attached hydrogen (secondary N) is 1. The normalized spacial score (nSPS) is 13.9. The lowest BCUT2D eigenvalue weighted by molar-refractivity contribution is 0.334. The van der Waals surface area contributed by atoms with Crippen LogP contribution < -0.4 is 5.32 Å². The van der Waals surface area contributed by atoms with E-state index in [0.717, 1.165) is 24.1 Å². The second-order valence-electron chi connectivity index (χ2n) is 5.82. The van der Waals surface area contributed by atoms with Gasteiger partial charge in [-0.2, -0.15) is 0 Å². The molecule has 1 N–H and O–H groups in total. The number of hydrogen-bond acceptors (Lipinski definition) is 2. The first-order valence-electron chi connectivity index (χ1n) is 6.86. The number of benzene rings is 1. The van der Waals surface area contributed by atoms with E-state index in [0.29, 0.717) is 11.6 Å². The van der Waals surface area contributed by atoms with Crippen molar-refractivity contribution in [2.24, 2.45) is 0 Å². The fourth-order valence-electron chi connectivity index (χ4n) is 2.65. The van der Waals surface area contributed by atoms with Gasteiger partial charge in [-0.1, -0.05) is 32.9 Å². The standard InChI is InChI=1S/C16H22FNO/c1-5-18-11(2)10-16(3,4)14-9-12-7-6-8-13(17)15(12)19-14/h6-9,11,18H,5,10H2,1-4H3. The number of rotatable bonds is 5. The van der Waals surface area contributed by atoms with Crippen LogP contribution in [0.25, 0.3) is 11.0 Å². The van der Waals surface area contributed by atoms with Crippen molar-refractivity contribution in [1.82, 2.24) is 5.32 Å². The summed E-state index contributed by atoms with van der Waals surface area (Å²) in [6.45, 7) is 9.48. The van der Waals surface area contributed by atoms with E-state index in [9.17, 15) is 4.39 Å². The van der Waals surface area contributed by atoms with E-state index < -0.39 is 0 Å². The van der Waals surface area contributed by atoms with Gasteiger partial charge in [0.15, 0.2) is 11.4 Å². The SMILES string of the molecule is CCNC(C)CC(C)(C)c1cc2cccc(F)c2o1. The molecule has 2 nitrogen and oxygen atoms in total. The Kier molecular flexibility index (Phi) is 3.95. The lowest BCUT2D eigenvalue weighted by Crippen LogP contribution is -2.32. The highest BCUT2D eigenvalue weighted by Gasteiger charge is 2.27. The first-order valence-corrected chi connectivity index (χ1v) is 6.86. The molecule has 1 aromatic carbocycles. The number of hydrogen-bond donors (Lipinski definition) is 1. The van der Waals surface area contributed by atoms with Gasteiger partial charge in [0.25, 0.3) is 0 Å². The van der Waals surface area contributed by atoms with Crippen LogP contribution in [0.15, 0.2) is 28.7 Å². The molecule has 0 aliphatic carbocycles. The molecule has 1 heterocycles. The molecule has 1 aromatic heterocycles. The molecule has 0 amide bonds. The van der Waals surface area contributed by atoms with Gasteiger partial charge in [-0.3, -0.25) is 0 Å². The van der Waals surface area contributed by atoms with Crippen LogP contribution in [0.2, 0.25) is 0 Å². The molecule has 2 aromatic rings. The average Bonchev–Trinajstić information content (AvgIpc) is 2.74. The number of halogens is 1. The van der Waals surface area contributed by atoms with E-state index in [1.165, 1.54) is 6.07 Å². The van der Waals surface area contributed by atoms with Crippen LogP contribution in [0.1, 0.15) is 39.9 Å². The Bertz CT molecular complexity index is 559. The maximum Gasteiger partial charge on any atom is 0.169 e. The summed E-state index contributed by atoms with van der Waals surface area (Å²) in [6, 6.07) is 7.39. The van der Waals surface area contributed by atoms with Crippen LogP contribution in [0, 0.1) is 5.82 Å². The van der Waals surface area contributed by atoms with Crippen molar-refractivity contribution in [2.75, 3.05) is 6.54 Å². The minimum atomic E-state index is -0.292. The molecule has 1 unspecified atom stereocenters. The predicted molar refractivity (Wildman–Crippen MR) is 77.0 cm³/mol. The van der Waals surface area contributed by atoms with Crippen LogP contribution in [0.5, 0.6) is 0 Å². The summed E-state index contributed by atoms with van der Waals surface area (Å²) in [6.07, 6.45) is 0.947. The summed E-state index contributed by atoms with van der Waals surface area (Å²) >= 11 is 0. The molecule has 19 heavy (non-hydrogen) atoms. The highest BCUT2D eigenvalue weighted by molar-refractivity contribution is 5.78. The smallest absolute Gasteiger partial charge is 0.169 e. The van der Waals surface area contributed by atoms with Crippen molar-refractivity contribution in [2.45, 2.75) is 45.6 Å². The quantitative estimate of drug-likeness (QED) is 0.873. The summed E-state index contributed by atoms with van der Waals surface area (Å²) in [5.74, 6) is 0.552. The number of fused-ring (bicyclic) bond motifs is 1. The van der Waals surface area contributed by atoms with Crippen molar-refractivity contribution in [3.63, 3.8) is 0 Å². The Labute approximate surface area is 114 Å². The Morgan fingerprint density at radius 1 is 1.37 bits per heavy atom. The summed E-state index contributed by atoms with van der Waals surface area (Å²) < 4.78 is 19.4.